The number of rotatable bonds is 9. The number of likely N-dealkylation sites (tertiary alicyclic amines) is 2. The second kappa shape index (κ2) is 13.2. The molecule has 3 atom stereocenters. The minimum atomic E-state index is -1.25. The molecule has 0 radical (unpaired) electrons. The molecule has 0 unspecified atom stereocenters. The number of nitrogens with zero attached hydrogens (tertiary/aromatic N) is 4. The molecular weight excluding hydrogens is 646 g/mol. The van der Waals surface area contributed by atoms with Crippen molar-refractivity contribution in [2.24, 2.45) is 0 Å². The molecule has 5 aromatic rings. The molecular formula is C39H39N7O5. The molecule has 8 rings (SSSR count). The van der Waals surface area contributed by atoms with Gasteiger partial charge in [-0.25, -0.2) is 14.8 Å². The Bertz CT molecular complexity index is 2050. The van der Waals surface area contributed by atoms with E-state index in [0.717, 1.165) is 65.1 Å². The number of aromatic nitrogens is 4. The molecule has 3 amide bonds. The van der Waals surface area contributed by atoms with E-state index >= 15 is 0 Å². The Balaban J connectivity index is 0.937. The van der Waals surface area contributed by atoms with Crippen molar-refractivity contribution in [3.63, 3.8) is 0 Å². The standard InChI is InChI=1S/C39H39N7O5/c47-36(33(44-38(49)50)28-6-2-1-3-7-28)45-20-4-8-31(45)34-40-22-29(42-34)26-14-10-24(11-15-26)25-12-16-27(17-13-25)30-23-41-35(43-30)32-9-5-21-46(32)37(48)39(51)18-19-39/h1-3,6-7,10-17,22-23,31-33,44,51H,4-5,8-9,18-21H2,(H,40,42)(H,41,43)(H,49,50)/t31-,32-,33+/m0/s1. The van der Waals surface area contributed by atoms with Crippen LogP contribution in [0.4, 0.5) is 4.79 Å². The molecule has 3 aromatic carbocycles. The molecule has 2 aliphatic heterocycles. The first-order valence-corrected chi connectivity index (χ1v) is 17.5. The molecule has 2 saturated heterocycles. The van der Waals surface area contributed by atoms with Crippen LogP contribution in [-0.2, 0) is 9.59 Å². The monoisotopic (exact) mass is 685 g/mol. The van der Waals surface area contributed by atoms with Crippen molar-refractivity contribution < 1.29 is 24.6 Å². The van der Waals surface area contributed by atoms with Crippen molar-refractivity contribution >= 4 is 17.9 Å². The highest BCUT2D eigenvalue weighted by molar-refractivity contribution is 5.88. The molecule has 5 N–H and O–H groups in total. The van der Waals surface area contributed by atoms with Crippen LogP contribution in [0.25, 0.3) is 33.6 Å². The zero-order chi connectivity index (χ0) is 35.1. The normalized spacial score (nSPS) is 19.9. The SMILES string of the molecule is O=C(O)N[C@@H](C(=O)N1CCC[C@H]1c1ncc(-c2ccc(-c3ccc(-c4cnc([C@@H]5CCCN5C(=O)C5(O)CC5)[nH]4)cc3)cc2)[nH]1)c1ccccc1. The molecule has 3 fully saturated rings. The van der Waals surface area contributed by atoms with Crippen LogP contribution in [0.15, 0.2) is 91.3 Å². The van der Waals surface area contributed by atoms with Gasteiger partial charge in [0.05, 0.1) is 35.9 Å². The van der Waals surface area contributed by atoms with E-state index in [1.54, 1.807) is 46.5 Å². The molecule has 51 heavy (non-hydrogen) atoms. The summed E-state index contributed by atoms with van der Waals surface area (Å²) in [6.45, 7) is 1.16. The fourth-order valence-electron chi connectivity index (χ4n) is 7.42. The van der Waals surface area contributed by atoms with Gasteiger partial charge >= 0.3 is 6.09 Å². The summed E-state index contributed by atoms with van der Waals surface area (Å²) < 4.78 is 0. The van der Waals surface area contributed by atoms with E-state index in [1.807, 2.05) is 18.2 Å². The van der Waals surface area contributed by atoms with Crippen LogP contribution < -0.4 is 5.32 Å². The van der Waals surface area contributed by atoms with Crippen molar-refractivity contribution in [1.82, 2.24) is 35.1 Å². The largest absolute Gasteiger partial charge is 0.465 e. The third kappa shape index (κ3) is 6.38. The molecule has 2 aromatic heterocycles. The number of hydrogen-bond donors (Lipinski definition) is 5. The average Bonchev–Trinajstić information content (AvgIpc) is 3.76. The van der Waals surface area contributed by atoms with Crippen molar-refractivity contribution in [3.8, 4) is 33.6 Å². The van der Waals surface area contributed by atoms with E-state index in [9.17, 15) is 24.6 Å². The lowest BCUT2D eigenvalue weighted by atomic mass is 10.0. The number of carbonyl (C=O) groups is 3. The fraction of sp³-hybridized carbons (Fsp3) is 0.308. The lowest BCUT2D eigenvalue weighted by Gasteiger charge is -2.28. The molecule has 12 nitrogen and oxygen atoms in total. The fourth-order valence-corrected chi connectivity index (χ4v) is 7.42. The number of H-pyrrole nitrogens is 2. The average molecular weight is 686 g/mol. The first-order valence-electron chi connectivity index (χ1n) is 17.5. The Kier molecular flexibility index (Phi) is 8.39. The van der Waals surface area contributed by atoms with Gasteiger partial charge in [-0.2, -0.15) is 0 Å². The van der Waals surface area contributed by atoms with E-state index < -0.39 is 17.7 Å². The molecule has 4 heterocycles. The van der Waals surface area contributed by atoms with Gasteiger partial charge in [0.2, 0.25) is 0 Å². The Morgan fingerprint density at radius 1 is 0.725 bits per heavy atom. The van der Waals surface area contributed by atoms with E-state index in [0.29, 0.717) is 37.3 Å². The van der Waals surface area contributed by atoms with Gasteiger partial charge in [0.25, 0.3) is 11.8 Å². The smallest absolute Gasteiger partial charge is 0.405 e. The summed E-state index contributed by atoms with van der Waals surface area (Å²) in [4.78, 5) is 57.7. The summed E-state index contributed by atoms with van der Waals surface area (Å²) in [5.41, 5.74) is 5.19. The maximum absolute atomic E-state index is 13.7. The molecule has 1 aliphatic carbocycles. The van der Waals surface area contributed by atoms with Crippen molar-refractivity contribution in [3.05, 3.63) is 108 Å². The van der Waals surface area contributed by atoms with Crippen LogP contribution >= 0.6 is 0 Å². The summed E-state index contributed by atoms with van der Waals surface area (Å²) in [5.74, 6) is 0.949. The number of benzene rings is 3. The molecule has 3 aliphatic rings. The molecule has 1 saturated carbocycles. The van der Waals surface area contributed by atoms with Gasteiger partial charge in [-0.1, -0.05) is 78.9 Å². The molecule has 260 valence electrons. The number of imidazole rings is 2. The second-order valence-electron chi connectivity index (χ2n) is 13.7. The third-order valence-electron chi connectivity index (χ3n) is 10.4. The Labute approximate surface area is 294 Å². The van der Waals surface area contributed by atoms with Gasteiger partial charge in [-0.15, -0.1) is 0 Å². The number of amides is 3. The topological polar surface area (TPSA) is 168 Å². The predicted molar refractivity (Wildman–Crippen MR) is 189 cm³/mol. The lowest BCUT2D eigenvalue weighted by Crippen LogP contribution is -2.42. The number of carboxylic acid groups (broad SMARTS) is 1. The van der Waals surface area contributed by atoms with E-state index in [2.05, 4.69) is 61.7 Å². The molecule has 12 heteroatoms. The van der Waals surface area contributed by atoms with Crippen molar-refractivity contribution in [1.29, 1.82) is 0 Å². The quantitative estimate of drug-likeness (QED) is 0.127. The van der Waals surface area contributed by atoms with Gasteiger partial charge in [0.1, 0.15) is 23.3 Å². The summed E-state index contributed by atoms with van der Waals surface area (Å²) in [6.07, 6.45) is 6.63. The van der Waals surface area contributed by atoms with Crippen LogP contribution in [0.5, 0.6) is 0 Å². The zero-order valence-electron chi connectivity index (χ0n) is 28.0. The number of nitrogens with one attached hydrogen (secondary N) is 3. The lowest BCUT2D eigenvalue weighted by molar-refractivity contribution is -0.143. The van der Waals surface area contributed by atoms with Crippen LogP contribution in [-0.4, -0.2) is 76.5 Å². The summed E-state index contributed by atoms with van der Waals surface area (Å²) in [6, 6.07) is 23.9. The summed E-state index contributed by atoms with van der Waals surface area (Å²) in [5, 5.41) is 22.2. The Morgan fingerprint density at radius 3 is 1.73 bits per heavy atom. The predicted octanol–water partition coefficient (Wildman–Crippen LogP) is 5.99. The van der Waals surface area contributed by atoms with Crippen LogP contribution in [0.1, 0.15) is 73.9 Å². The number of carbonyl (C=O) groups excluding carboxylic acids is 2. The highest BCUT2D eigenvalue weighted by atomic mass is 16.4. The van der Waals surface area contributed by atoms with Gasteiger partial charge in [0, 0.05) is 13.1 Å². The minimum Gasteiger partial charge on any atom is -0.465 e. The second-order valence-corrected chi connectivity index (χ2v) is 13.7. The van der Waals surface area contributed by atoms with Gasteiger partial charge < -0.3 is 35.3 Å². The van der Waals surface area contributed by atoms with E-state index in [-0.39, 0.29) is 23.9 Å². The summed E-state index contributed by atoms with van der Waals surface area (Å²) >= 11 is 0. The van der Waals surface area contributed by atoms with Gasteiger partial charge in [-0.05, 0) is 66.3 Å². The highest BCUT2D eigenvalue weighted by Crippen LogP contribution is 2.42. The minimum absolute atomic E-state index is 0.146. The number of aromatic amines is 2. The summed E-state index contributed by atoms with van der Waals surface area (Å²) in [7, 11) is 0. The maximum Gasteiger partial charge on any atom is 0.405 e. The van der Waals surface area contributed by atoms with Gasteiger partial charge in [-0.3, -0.25) is 9.59 Å². The first kappa shape index (κ1) is 32.5. The first-order chi connectivity index (χ1) is 24.8. The number of aliphatic hydroxyl groups is 1. The third-order valence-corrected chi connectivity index (χ3v) is 10.4. The van der Waals surface area contributed by atoms with Crippen LogP contribution in [0.3, 0.4) is 0 Å². The van der Waals surface area contributed by atoms with Crippen molar-refractivity contribution in [2.75, 3.05) is 13.1 Å². The van der Waals surface area contributed by atoms with Crippen LogP contribution in [0, 0.1) is 0 Å². The highest BCUT2D eigenvalue weighted by Gasteiger charge is 2.52. The van der Waals surface area contributed by atoms with Crippen LogP contribution in [0.2, 0.25) is 0 Å². The van der Waals surface area contributed by atoms with Crippen molar-refractivity contribution in [2.45, 2.75) is 62.3 Å². The zero-order valence-corrected chi connectivity index (χ0v) is 28.0. The molecule has 0 bridgehead atoms. The van der Waals surface area contributed by atoms with Gasteiger partial charge in [0.15, 0.2) is 0 Å². The molecule has 0 spiro atoms. The Morgan fingerprint density at radius 2 is 1.22 bits per heavy atom. The van der Waals surface area contributed by atoms with E-state index in [1.165, 1.54) is 0 Å². The number of hydrogen-bond acceptors (Lipinski definition) is 6. The Hall–Kier alpha value is -5.75. The maximum atomic E-state index is 13.7. The van der Waals surface area contributed by atoms with E-state index in [4.69, 9.17) is 0 Å².